The van der Waals surface area contributed by atoms with E-state index in [4.69, 9.17) is 0 Å². The van der Waals surface area contributed by atoms with E-state index in [9.17, 15) is 15.0 Å². The molecule has 0 aliphatic heterocycles. The first-order valence-corrected chi connectivity index (χ1v) is 9.60. The maximum Gasteiger partial charge on any atom is 0.335 e. The predicted octanol–water partition coefficient (Wildman–Crippen LogP) is 5.04. The van der Waals surface area contributed by atoms with Gasteiger partial charge in [-0.25, -0.2) is 4.79 Å². The van der Waals surface area contributed by atoms with Crippen molar-refractivity contribution in [1.82, 2.24) is 4.90 Å². The molecule has 0 radical (unpaired) electrons. The Balaban J connectivity index is 2.49. The topological polar surface area (TPSA) is 60.8 Å². The molecule has 0 bridgehead atoms. The maximum atomic E-state index is 11.6. The van der Waals surface area contributed by atoms with Crippen LogP contribution in [0.1, 0.15) is 67.1 Å². The Morgan fingerprint density at radius 3 is 2.11 bits per heavy atom. The zero-order valence-electron chi connectivity index (χ0n) is 16.9. The number of aromatic carboxylic acids is 1. The summed E-state index contributed by atoms with van der Waals surface area (Å²) in [4.78, 5) is 14.0. The number of benzene rings is 2. The fourth-order valence-electron chi connectivity index (χ4n) is 3.94. The minimum atomic E-state index is -0.966. The molecule has 2 aromatic rings. The van der Waals surface area contributed by atoms with Crippen LogP contribution in [0.3, 0.4) is 0 Å². The number of aromatic hydroxyl groups is 1. The fraction of sp³-hybridized carbons (Fsp3) is 0.435. The molecule has 2 rings (SSSR count). The van der Waals surface area contributed by atoms with Gasteiger partial charge in [0.25, 0.3) is 0 Å². The molecule has 0 aliphatic carbocycles. The van der Waals surface area contributed by atoms with Gasteiger partial charge in [0.15, 0.2) is 0 Å². The summed E-state index contributed by atoms with van der Waals surface area (Å²) in [6, 6.07) is 13.9. The van der Waals surface area contributed by atoms with Crippen LogP contribution in [0, 0.1) is 6.92 Å². The molecule has 0 amide bonds. The SMILES string of the molecule is Cc1c(C(=O)O)ccc(O)c1[C@H](CCN(C(C)C)C(C)C)c1ccccc1. The molecule has 0 heterocycles. The summed E-state index contributed by atoms with van der Waals surface area (Å²) in [6.07, 6.45) is 0.803. The van der Waals surface area contributed by atoms with Crippen molar-refractivity contribution in [1.29, 1.82) is 0 Å². The van der Waals surface area contributed by atoms with E-state index in [1.54, 1.807) is 6.92 Å². The molecule has 0 saturated heterocycles. The van der Waals surface area contributed by atoms with Gasteiger partial charge in [0, 0.05) is 23.6 Å². The summed E-state index contributed by atoms with van der Waals surface area (Å²) in [5, 5.41) is 20.1. The van der Waals surface area contributed by atoms with E-state index in [-0.39, 0.29) is 17.2 Å². The molecule has 0 aromatic heterocycles. The second-order valence-electron chi connectivity index (χ2n) is 7.65. The van der Waals surface area contributed by atoms with Crippen LogP contribution in [0.25, 0.3) is 0 Å². The summed E-state index contributed by atoms with van der Waals surface area (Å²) >= 11 is 0. The van der Waals surface area contributed by atoms with Gasteiger partial charge in [0.05, 0.1) is 5.56 Å². The molecule has 4 heteroatoms. The van der Waals surface area contributed by atoms with Gasteiger partial charge in [-0.2, -0.15) is 0 Å². The van der Waals surface area contributed by atoms with E-state index in [1.165, 1.54) is 12.1 Å². The number of phenolic OH excluding ortho intramolecular Hbond substituents is 1. The van der Waals surface area contributed by atoms with Crippen LogP contribution in [0.4, 0.5) is 0 Å². The number of phenols is 1. The monoisotopic (exact) mass is 369 g/mol. The van der Waals surface area contributed by atoms with Crippen LogP contribution >= 0.6 is 0 Å². The molecule has 0 fully saturated rings. The Labute approximate surface area is 162 Å². The molecule has 27 heavy (non-hydrogen) atoms. The second kappa shape index (κ2) is 9.05. The average molecular weight is 370 g/mol. The van der Waals surface area contributed by atoms with E-state index in [0.29, 0.717) is 23.2 Å². The zero-order chi connectivity index (χ0) is 20.1. The molecular weight excluding hydrogens is 338 g/mol. The van der Waals surface area contributed by atoms with Crippen LogP contribution in [0.2, 0.25) is 0 Å². The fourth-order valence-corrected chi connectivity index (χ4v) is 3.94. The van der Waals surface area contributed by atoms with Gasteiger partial charge in [-0.15, -0.1) is 0 Å². The third-order valence-corrected chi connectivity index (χ3v) is 5.28. The standard InChI is InChI=1S/C23H31NO3/c1-15(2)24(16(3)4)14-13-20(18-9-7-6-8-10-18)22-17(5)19(23(26)27)11-12-21(22)25/h6-12,15-16,20,25H,13-14H2,1-5H3,(H,26,27)/t20-/m1/s1. The second-order valence-corrected chi connectivity index (χ2v) is 7.65. The highest BCUT2D eigenvalue weighted by atomic mass is 16.4. The Morgan fingerprint density at radius 1 is 1.00 bits per heavy atom. The van der Waals surface area contributed by atoms with Crippen molar-refractivity contribution in [2.45, 2.75) is 59.0 Å². The average Bonchev–Trinajstić information content (AvgIpc) is 2.60. The van der Waals surface area contributed by atoms with Gasteiger partial charge in [-0.1, -0.05) is 30.3 Å². The van der Waals surface area contributed by atoms with Crippen LogP contribution in [-0.4, -0.2) is 39.7 Å². The van der Waals surface area contributed by atoms with Gasteiger partial charge >= 0.3 is 5.97 Å². The first-order valence-electron chi connectivity index (χ1n) is 9.60. The van der Waals surface area contributed by atoms with E-state index >= 15 is 0 Å². The molecule has 0 unspecified atom stereocenters. The number of hydrogen-bond donors (Lipinski definition) is 2. The number of nitrogens with zero attached hydrogens (tertiary/aromatic N) is 1. The van der Waals surface area contributed by atoms with Crippen LogP contribution < -0.4 is 0 Å². The van der Waals surface area contributed by atoms with Crippen molar-refractivity contribution in [3.63, 3.8) is 0 Å². The van der Waals surface area contributed by atoms with Crippen LogP contribution in [0.15, 0.2) is 42.5 Å². The quantitative estimate of drug-likeness (QED) is 0.684. The third kappa shape index (κ3) is 4.89. The summed E-state index contributed by atoms with van der Waals surface area (Å²) in [5.41, 5.74) is 2.68. The predicted molar refractivity (Wildman–Crippen MR) is 110 cm³/mol. The summed E-state index contributed by atoms with van der Waals surface area (Å²) in [7, 11) is 0. The molecule has 0 spiro atoms. The number of hydrogen-bond acceptors (Lipinski definition) is 3. The van der Waals surface area contributed by atoms with Gasteiger partial charge in [-0.05, 0) is 70.8 Å². The van der Waals surface area contributed by atoms with E-state index in [2.05, 4.69) is 32.6 Å². The summed E-state index contributed by atoms with van der Waals surface area (Å²) < 4.78 is 0. The lowest BCUT2D eigenvalue weighted by molar-refractivity contribution is 0.0696. The highest BCUT2D eigenvalue weighted by Gasteiger charge is 2.25. The maximum absolute atomic E-state index is 11.6. The molecule has 0 saturated carbocycles. The number of carbonyl (C=O) groups is 1. The largest absolute Gasteiger partial charge is 0.508 e. The lowest BCUT2D eigenvalue weighted by Crippen LogP contribution is -2.38. The van der Waals surface area contributed by atoms with Crippen molar-refractivity contribution < 1.29 is 15.0 Å². The Bertz CT molecular complexity index is 761. The molecular formula is C23H31NO3. The van der Waals surface area contributed by atoms with Crippen molar-refractivity contribution >= 4 is 5.97 Å². The van der Waals surface area contributed by atoms with Gasteiger partial charge in [0.2, 0.25) is 0 Å². The normalized spacial score (nSPS) is 12.7. The first-order chi connectivity index (χ1) is 12.7. The van der Waals surface area contributed by atoms with Crippen LogP contribution in [0.5, 0.6) is 5.75 Å². The van der Waals surface area contributed by atoms with E-state index in [0.717, 1.165) is 18.5 Å². The molecule has 2 aromatic carbocycles. The smallest absolute Gasteiger partial charge is 0.335 e. The van der Waals surface area contributed by atoms with Gasteiger partial charge in [-0.3, -0.25) is 4.90 Å². The van der Waals surface area contributed by atoms with Gasteiger partial charge in [0.1, 0.15) is 5.75 Å². The van der Waals surface area contributed by atoms with E-state index in [1.807, 2.05) is 30.3 Å². The molecule has 1 atom stereocenters. The number of rotatable bonds is 8. The Hall–Kier alpha value is -2.33. The lowest BCUT2D eigenvalue weighted by atomic mass is 9.83. The molecule has 0 aliphatic rings. The van der Waals surface area contributed by atoms with Crippen molar-refractivity contribution in [2.75, 3.05) is 6.54 Å². The van der Waals surface area contributed by atoms with Crippen molar-refractivity contribution in [2.24, 2.45) is 0 Å². The first kappa shape index (κ1) is 21.0. The van der Waals surface area contributed by atoms with Crippen molar-refractivity contribution in [3.05, 3.63) is 64.7 Å². The molecule has 146 valence electrons. The lowest BCUT2D eigenvalue weighted by Gasteiger charge is -2.32. The van der Waals surface area contributed by atoms with Gasteiger partial charge < -0.3 is 10.2 Å². The van der Waals surface area contributed by atoms with E-state index < -0.39 is 5.97 Å². The zero-order valence-corrected chi connectivity index (χ0v) is 16.9. The summed E-state index contributed by atoms with van der Waals surface area (Å²) in [6.45, 7) is 11.4. The van der Waals surface area contributed by atoms with Crippen molar-refractivity contribution in [3.8, 4) is 5.75 Å². The highest BCUT2D eigenvalue weighted by Crippen LogP contribution is 2.38. The molecule has 4 nitrogen and oxygen atoms in total. The number of carboxylic acid groups (broad SMARTS) is 1. The minimum Gasteiger partial charge on any atom is -0.508 e. The number of carboxylic acids is 1. The Morgan fingerprint density at radius 2 is 1.59 bits per heavy atom. The van der Waals surface area contributed by atoms with Crippen LogP contribution in [-0.2, 0) is 0 Å². The Kier molecular flexibility index (Phi) is 7.03. The third-order valence-electron chi connectivity index (χ3n) is 5.28. The highest BCUT2D eigenvalue weighted by molar-refractivity contribution is 5.90. The summed E-state index contributed by atoms with van der Waals surface area (Å²) in [5.74, 6) is -0.871. The molecule has 2 N–H and O–H groups in total. The minimum absolute atomic E-state index is 0.0644.